The number of nitrogens with zero attached hydrogens (tertiary/aromatic N) is 2. The number of rotatable bonds is 1. The van der Waals surface area contributed by atoms with E-state index in [0.717, 1.165) is 21.3 Å². The van der Waals surface area contributed by atoms with Crippen LogP contribution in [-0.2, 0) is 0 Å². The molecule has 82 valence electrons. The van der Waals surface area contributed by atoms with Crippen LogP contribution in [0.5, 0.6) is 0 Å². The SMILES string of the molecule is Fc1cc(C2=[N][Sn][c]3ccc(Br)cc32)ccn1. The normalized spacial score (nSPS) is 13.4. The van der Waals surface area contributed by atoms with Crippen molar-refractivity contribution in [3.63, 3.8) is 0 Å². The monoisotopic (exact) mass is 396 g/mol. The predicted molar refractivity (Wildman–Crippen MR) is 69.4 cm³/mol. The van der Waals surface area contributed by atoms with Gasteiger partial charge >= 0.3 is 117 Å². The van der Waals surface area contributed by atoms with Gasteiger partial charge < -0.3 is 0 Å². The van der Waals surface area contributed by atoms with Crippen LogP contribution in [0.3, 0.4) is 0 Å². The Balaban J connectivity index is 2.12. The van der Waals surface area contributed by atoms with Gasteiger partial charge in [-0.05, 0) is 0 Å². The van der Waals surface area contributed by atoms with Gasteiger partial charge in [-0.3, -0.25) is 0 Å². The van der Waals surface area contributed by atoms with Crippen molar-refractivity contribution in [3.05, 3.63) is 58.1 Å². The maximum atomic E-state index is 13.1. The van der Waals surface area contributed by atoms with E-state index in [9.17, 15) is 4.39 Å². The molecule has 2 nitrogen and oxygen atoms in total. The van der Waals surface area contributed by atoms with E-state index in [1.165, 1.54) is 15.8 Å². The Hall–Kier alpha value is -0.751. The Kier molecular flexibility index (Phi) is 3.00. The fraction of sp³-hybridized carbons (Fsp3) is 0. The average Bonchev–Trinajstić information content (AvgIpc) is 2.71. The summed E-state index contributed by atoms with van der Waals surface area (Å²) in [5.41, 5.74) is 2.86. The molecular weight excluding hydrogens is 390 g/mol. The molecule has 0 saturated heterocycles. The third-order valence-corrected chi connectivity index (χ3v) is 5.91. The zero-order valence-corrected chi connectivity index (χ0v) is 13.1. The van der Waals surface area contributed by atoms with Crippen LogP contribution in [0.1, 0.15) is 11.1 Å². The van der Waals surface area contributed by atoms with Crippen LogP contribution in [0, 0.1) is 5.95 Å². The molecule has 5 heteroatoms. The van der Waals surface area contributed by atoms with Crippen molar-refractivity contribution in [1.29, 1.82) is 0 Å². The summed E-state index contributed by atoms with van der Waals surface area (Å²) in [5.74, 6) is -0.459. The first-order valence-corrected chi connectivity index (χ1v) is 8.49. The van der Waals surface area contributed by atoms with Crippen molar-refractivity contribution >= 4 is 46.6 Å². The second kappa shape index (κ2) is 4.49. The van der Waals surface area contributed by atoms with Crippen molar-refractivity contribution in [3.8, 4) is 0 Å². The standard InChI is InChI=1S/C12H6BrFN2.Sn/c13-10-3-1-2-8(6-10)12(15)9-4-5-16-11(14)7-9;/h1,3-7H;/q-1;+1. The summed E-state index contributed by atoms with van der Waals surface area (Å²) in [7, 11) is 0. The molecule has 2 radical (unpaired) electrons. The van der Waals surface area contributed by atoms with Crippen molar-refractivity contribution in [2.75, 3.05) is 0 Å². The molecule has 17 heavy (non-hydrogen) atoms. The number of aromatic nitrogens is 1. The summed E-state index contributed by atoms with van der Waals surface area (Å²) in [5, 5.41) is 0. The summed E-state index contributed by atoms with van der Waals surface area (Å²) in [6.45, 7) is 0. The molecule has 0 saturated carbocycles. The van der Waals surface area contributed by atoms with Gasteiger partial charge in [0.05, 0.1) is 0 Å². The minimum absolute atomic E-state index is 0.459. The molecule has 2 aromatic rings. The Labute approximate surface area is 117 Å². The number of benzene rings is 1. The van der Waals surface area contributed by atoms with Gasteiger partial charge in [-0.15, -0.1) is 0 Å². The quantitative estimate of drug-likeness (QED) is 0.536. The maximum absolute atomic E-state index is 13.1. The summed E-state index contributed by atoms with van der Waals surface area (Å²) in [6, 6.07) is 9.44. The third kappa shape index (κ3) is 2.15. The van der Waals surface area contributed by atoms with Crippen LogP contribution in [0.15, 0.2) is 44.2 Å². The summed E-state index contributed by atoms with van der Waals surface area (Å²) >= 11 is 2.57. The van der Waals surface area contributed by atoms with Crippen LogP contribution in [0.2, 0.25) is 0 Å². The molecule has 0 atom stereocenters. The van der Waals surface area contributed by atoms with E-state index >= 15 is 0 Å². The number of fused-ring (bicyclic) bond motifs is 1. The summed E-state index contributed by atoms with van der Waals surface area (Å²) in [6.07, 6.45) is 1.48. The van der Waals surface area contributed by atoms with Crippen molar-refractivity contribution in [2.45, 2.75) is 0 Å². The second-order valence-electron chi connectivity index (χ2n) is 3.63. The molecule has 1 aromatic carbocycles. The Morgan fingerprint density at radius 2 is 2.06 bits per heavy atom. The van der Waals surface area contributed by atoms with Crippen molar-refractivity contribution in [2.24, 2.45) is 3.21 Å². The molecule has 2 heterocycles. The molecule has 0 bridgehead atoms. The van der Waals surface area contributed by atoms with E-state index < -0.39 is 27.4 Å². The molecule has 0 spiro atoms. The molecule has 0 unspecified atom stereocenters. The van der Waals surface area contributed by atoms with E-state index in [0.29, 0.717) is 0 Å². The Morgan fingerprint density at radius 3 is 2.88 bits per heavy atom. The number of halogens is 2. The van der Waals surface area contributed by atoms with Crippen molar-refractivity contribution in [1.82, 2.24) is 4.98 Å². The van der Waals surface area contributed by atoms with Gasteiger partial charge in [0.2, 0.25) is 0 Å². The van der Waals surface area contributed by atoms with E-state index in [1.54, 1.807) is 6.07 Å². The second-order valence-corrected chi connectivity index (χ2v) is 7.36. The topological polar surface area (TPSA) is 25.2 Å². The molecule has 1 aromatic heterocycles. The molecule has 0 aliphatic carbocycles. The molecular formula is C12H6BrFN2Sn. The summed E-state index contributed by atoms with van der Waals surface area (Å²) < 4.78 is 20.1. The first-order valence-electron chi connectivity index (χ1n) is 4.99. The van der Waals surface area contributed by atoms with Gasteiger partial charge in [-0.1, -0.05) is 0 Å². The summed E-state index contributed by atoms with van der Waals surface area (Å²) in [4.78, 5) is 3.57. The van der Waals surface area contributed by atoms with E-state index in [1.807, 2.05) is 6.07 Å². The van der Waals surface area contributed by atoms with E-state index in [-0.39, 0.29) is 0 Å². The molecule has 1 aliphatic rings. The van der Waals surface area contributed by atoms with Crippen LogP contribution >= 0.6 is 15.9 Å². The van der Waals surface area contributed by atoms with Crippen LogP contribution < -0.4 is 3.58 Å². The van der Waals surface area contributed by atoms with Crippen LogP contribution in [0.25, 0.3) is 0 Å². The first-order chi connectivity index (χ1) is 8.24. The molecule has 0 fully saturated rings. The number of pyridine rings is 1. The van der Waals surface area contributed by atoms with Gasteiger partial charge in [0.25, 0.3) is 0 Å². The fourth-order valence-corrected chi connectivity index (χ4v) is 4.83. The number of hydrogen-bond donors (Lipinski definition) is 0. The Morgan fingerprint density at radius 1 is 1.18 bits per heavy atom. The molecule has 3 rings (SSSR count). The van der Waals surface area contributed by atoms with E-state index in [2.05, 4.69) is 36.3 Å². The van der Waals surface area contributed by atoms with Crippen molar-refractivity contribution < 1.29 is 4.39 Å². The number of hydrogen-bond acceptors (Lipinski definition) is 2. The molecule has 0 amide bonds. The molecule has 1 aliphatic heterocycles. The van der Waals surface area contributed by atoms with Gasteiger partial charge in [-0.2, -0.15) is 0 Å². The minimum atomic E-state index is -0.886. The zero-order valence-electron chi connectivity index (χ0n) is 8.61. The fourth-order valence-electron chi connectivity index (χ4n) is 1.76. The van der Waals surface area contributed by atoms with Crippen LogP contribution in [-0.4, -0.2) is 32.1 Å². The Bertz CT molecular complexity index is 628. The molecule has 0 N–H and O–H groups in total. The van der Waals surface area contributed by atoms with E-state index in [4.69, 9.17) is 0 Å². The van der Waals surface area contributed by atoms with Gasteiger partial charge in [0, 0.05) is 0 Å². The zero-order chi connectivity index (χ0) is 11.8. The van der Waals surface area contributed by atoms with Gasteiger partial charge in [-0.25, -0.2) is 0 Å². The van der Waals surface area contributed by atoms with Gasteiger partial charge in [0.15, 0.2) is 0 Å². The predicted octanol–water partition coefficient (Wildman–Crippen LogP) is 2.08. The first kappa shape index (κ1) is 11.3. The average molecular weight is 396 g/mol. The third-order valence-electron chi connectivity index (χ3n) is 2.52. The van der Waals surface area contributed by atoms with Gasteiger partial charge in [0.1, 0.15) is 0 Å². The van der Waals surface area contributed by atoms with Crippen LogP contribution in [0.4, 0.5) is 4.39 Å².